The molecule has 0 fully saturated rings. The summed E-state index contributed by atoms with van der Waals surface area (Å²) in [5.74, 6) is 0. The minimum atomic E-state index is 0.0529. The maximum Gasteiger partial charge on any atom is 0.136 e. The van der Waals surface area contributed by atoms with Crippen molar-refractivity contribution in [2.45, 2.75) is 52.4 Å². The van der Waals surface area contributed by atoms with Crippen LogP contribution < -0.4 is 0 Å². The van der Waals surface area contributed by atoms with E-state index in [1.54, 1.807) is 0 Å². The Morgan fingerprint density at radius 1 is 0.277 bits per heavy atom. The molecule has 0 N–H and O–H groups in total. The molecule has 1 aromatic heterocycles. The van der Waals surface area contributed by atoms with Gasteiger partial charge in [-0.05, 0) is 167 Å². The van der Waals surface area contributed by atoms with Gasteiger partial charge >= 0.3 is 0 Å². The molecule has 13 rings (SSSR count). The summed E-state index contributed by atoms with van der Waals surface area (Å²) < 4.78 is 6.95. The van der Waals surface area contributed by atoms with Gasteiger partial charge in [-0.1, -0.05) is 187 Å². The first kappa shape index (κ1) is 38.0. The van der Waals surface area contributed by atoms with Crippen LogP contribution in [-0.4, -0.2) is 0 Å². The Kier molecular flexibility index (Phi) is 7.91. The van der Waals surface area contributed by atoms with E-state index >= 15 is 0 Å². The van der Waals surface area contributed by atoms with Gasteiger partial charge in [0, 0.05) is 10.8 Å². The summed E-state index contributed by atoms with van der Waals surface area (Å²) in [5.41, 5.74) is 14.3. The molecule has 0 saturated carbocycles. The fourth-order valence-corrected chi connectivity index (χ4v) is 11.0. The molecule has 0 amide bonds. The topological polar surface area (TPSA) is 13.1 Å². The van der Waals surface area contributed by atoms with E-state index in [4.69, 9.17) is 4.42 Å². The molecule has 0 radical (unpaired) electrons. The molecule has 1 nitrogen and oxygen atoms in total. The lowest BCUT2D eigenvalue weighted by molar-refractivity contribution is 0.591. The van der Waals surface area contributed by atoms with Gasteiger partial charge in [0.25, 0.3) is 0 Å². The highest BCUT2D eigenvalue weighted by atomic mass is 16.3. The van der Waals surface area contributed by atoms with Gasteiger partial charge in [0.05, 0.1) is 0 Å². The molecule has 0 unspecified atom stereocenters. The van der Waals surface area contributed by atoms with E-state index in [-0.39, 0.29) is 10.8 Å². The van der Waals surface area contributed by atoms with Gasteiger partial charge < -0.3 is 4.42 Å². The van der Waals surface area contributed by atoms with E-state index in [0.29, 0.717) is 0 Å². The molecule has 1 heteroatoms. The molecule has 0 spiro atoms. The van der Waals surface area contributed by atoms with Gasteiger partial charge in [0.1, 0.15) is 11.2 Å². The minimum Gasteiger partial charge on any atom is -0.456 e. The van der Waals surface area contributed by atoms with Crippen LogP contribution in [0, 0.1) is 0 Å². The maximum absolute atomic E-state index is 6.95. The third kappa shape index (κ3) is 5.78. The fourth-order valence-electron chi connectivity index (χ4n) is 11.0. The number of hydrogen-bond acceptors (Lipinski definition) is 1. The van der Waals surface area contributed by atoms with Gasteiger partial charge in [0.2, 0.25) is 0 Å². The van der Waals surface area contributed by atoms with Crippen molar-refractivity contribution in [2.24, 2.45) is 0 Å². The number of hydrogen-bond donors (Lipinski definition) is 0. The Labute approximate surface area is 379 Å². The smallest absolute Gasteiger partial charge is 0.136 e. The minimum absolute atomic E-state index is 0.0529. The lowest BCUT2D eigenvalue weighted by atomic mass is 9.81. The summed E-state index contributed by atoms with van der Waals surface area (Å²) in [4.78, 5) is 0. The lowest BCUT2D eigenvalue weighted by Crippen LogP contribution is -2.10. The Bertz CT molecular complexity index is 3740. The average molecular weight is 833 g/mol. The molecule has 0 aliphatic carbocycles. The second-order valence-corrected chi connectivity index (χ2v) is 20.5. The first-order valence-electron chi connectivity index (χ1n) is 23.1. The first-order chi connectivity index (χ1) is 31.5. The van der Waals surface area contributed by atoms with Crippen molar-refractivity contribution in [3.63, 3.8) is 0 Å². The molecule has 12 aromatic carbocycles. The van der Waals surface area contributed by atoms with Crippen LogP contribution in [0.2, 0.25) is 0 Å². The predicted molar refractivity (Wildman–Crippen MR) is 280 cm³/mol. The van der Waals surface area contributed by atoms with Crippen LogP contribution in [0.4, 0.5) is 0 Å². The SMILES string of the molecule is CC(C)(C)c1cc2ccc3c(-c4ccccc4)cc(-c4ccc5c(c4)oc4cc(-c6cc(-c7ccccc7)c7ccc8cc(C(C)(C)C)cc9ccc6c7c89)ccc45)c4ccc(c1)c2c34. The monoisotopic (exact) mass is 832 g/mol. The van der Waals surface area contributed by atoms with Crippen molar-refractivity contribution >= 4 is 86.6 Å². The number of rotatable bonds is 4. The highest BCUT2D eigenvalue weighted by Crippen LogP contribution is 2.48. The summed E-state index contributed by atoms with van der Waals surface area (Å²) in [7, 11) is 0. The van der Waals surface area contributed by atoms with Crippen molar-refractivity contribution in [3.8, 4) is 44.5 Å². The molecule has 310 valence electrons. The molecule has 13 aromatic rings. The van der Waals surface area contributed by atoms with Crippen molar-refractivity contribution < 1.29 is 4.42 Å². The third-order valence-electron chi connectivity index (χ3n) is 14.4. The average Bonchev–Trinajstić information content (AvgIpc) is 3.69. The Balaban J connectivity index is 1.01. The fraction of sp³-hybridized carbons (Fsp3) is 0.125. The second-order valence-electron chi connectivity index (χ2n) is 20.5. The third-order valence-corrected chi connectivity index (χ3v) is 14.4. The van der Waals surface area contributed by atoms with Gasteiger partial charge in [-0.2, -0.15) is 0 Å². The first-order valence-corrected chi connectivity index (χ1v) is 23.1. The van der Waals surface area contributed by atoms with E-state index in [1.807, 2.05) is 0 Å². The van der Waals surface area contributed by atoms with Gasteiger partial charge in [-0.15, -0.1) is 0 Å². The zero-order chi connectivity index (χ0) is 43.9. The van der Waals surface area contributed by atoms with E-state index in [9.17, 15) is 0 Å². The molecular weight excluding hydrogens is 785 g/mol. The molecule has 1 heterocycles. The molecular formula is C64H48O. The van der Waals surface area contributed by atoms with Crippen LogP contribution in [0.5, 0.6) is 0 Å². The zero-order valence-corrected chi connectivity index (χ0v) is 37.7. The normalized spacial score (nSPS) is 12.8. The van der Waals surface area contributed by atoms with E-state index in [0.717, 1.165) is 33.1 Å². The molecule has 0 aliphatic rings. The quantitative estimate of drug-likeness (QED) is 0.161. The van der Waals surface area contributed by atoms with Gasteiger partial charge in [-0.25, -0.2) is 0 Å². The number of furan rings is 1. The standard InChI is InChI=1S/C64H48O/c1-63(2,3)45-29-41-19-25-49-53(37-13-9-7-10-14-37)35-55(51-27-21-43(31-45)59(41)61(49)51)39-17-23-47-48-24-18-40(34-58(48)65-57(47)33-39)56-36-54(38-15-11-8-12-16-38)50-26-20-42-30-46(64(4,5)6)32-44-22-28-52(56)62(50)60(42)44/h7-36H,1-6H3. The van der Waals surface area contributed by atoms with E-state index in [1.165, 1.54) is 109 Å². The second kappa shape index (κ2) is 13.5. The maximum atomic E-state index is 6.95. The Morgan fingerprint density at radius 2 is 0.600 bits per heavy atom. The van der Waals surface area contributed by atoms with Crippen LogP contribution in [0.3, 0.4) is 0 Å². The highest BCUT2D eigenvalue weighted by molar-refractivity contribution is 6.30. The lowest BCUT2D eigenvalue weighted by Gasteiger charge is -2.23. The number of benzene rings is 12. The highest BCUT2D eigenvalue weighted by Gasteiger charge is 2.23. The van der Waals surface area contributed by atoms with E-state index in [2.05, 4.69) is 224 Å². The van der Waals surface area contributed by atoms with Crippen molar-refractivity contribution in [1.29, 1.82) is 0 Å². The van der Waals surface area contributed by atoms with Crippen molar-refractivity contribution in [1.82, 2.24) is 0 Å². The predicted octanol–water partition coefficient (Wildman–Crippen LogP) is 18.6. The molecule has 0 saturated heterocycles. The van der Waals surface area contributed by atoms with Crippen LogP contribution in [-0.2, 0) is 10.8 Å². The van der Waals surface area contributed by atoms with Crippen LogP contribution in [0.1, 0.15) is 52.7 Å². The van der Waals surface area contributed by atoms with Crippen molar-refractivity contribution in [2.75, 3.05) is 0 Å². The molecule has 0 aliphatic heterocycles. The summed E-state index contributed by atoms with van der Waals surface area (Å²) in [5, 5.41) is 17.8. The van der Waals surface area contributed by atoms with Crippen LogP contribution in [0.25, 0.3) is 131 Å². The summed E-state index contributed by atoms with van der Waals surface area (Å²) in [6.07, 6.45) is 0. The number of fused-ring (bicyclic) bond motifs is 3. The van der Waals surface area contributed by atoms with Gasteiger partial charge in [-0.3, -0.25) is 0 Å². The Hall–Kier alpha value is -7.48. The molecule has 65 heavy (non-hydrogen) atoms. The Morgan fingerprint density at radius 3 is 0.938 bits per heavy atom. The zero-order valence-electron chi connectivity index (χ0n) is 37.7. The molecule has 0 atom stereocenters. The summed E-state index contributed by atoms with van der Waals surface area (Å²) >= 11 is 0. The van der Waals surface area contributed by atoms with Crippen LogP contribution in [0.15, 0.2) is 186 Å². The summed E-state index contributed by atoms with van der Waals surface area (Å²) in [6.45, 7) is 13.8. The van der Waals surface area contributed by atoms with Crippen LogP contribution >= 0.6 is 0 Å². The molecule has 0 bridgehead atoms. The van der Waals surface area contributed by atoms with E-state index < -0.39 is 0 Å². The van der Waals surface area contributed by atoms with Gasteiger partial charge in [0.15, 0.2) is 0 Å². The summed E-state index contributed by atoms with van der Waals surface area (Å²) in [6, 6.07) is 68.5. The largest absolute Gasteiger partial charge is 0.456 e. The van der Waals surface area contributed by atoms with Crippen molar-refractivity contribution in [3.05, 3.63) is 193 Å².